The molecule has 0 saturated heterocycles. The lowest BCUT2D eigenvalue weighted by Gasteiger charge is -2.08. The average molecular weight is 509 g/mol. The lowest BCUT2D eigenvalue weighted by atomic mass is 10.2. The third-order valence-corrected chi connectivity index (χ3v) is 5.23. The molecule has 5 nitrogen and oxygen atoms in total. The van der Waals surface area contributed by atoms with E-state index in [1.165, 1.54) is 18.2 Å². The van der Waals surface area contributed by atoms with Crippen molar-refractivity contribution in [1.82, 2.24) is 10.2 Å². The number of ether oxygens (including phenoxy) is 1. The molecule has 0 radical (unpaired) electrons. The maximum Gasteiger partial charge on any atom is 0.256 e. The van der Waals surface area contributed by atoms with Gasteiger partial charge in [0.25, 0.3) is 5.91 Å². The number of fused-ring (bicyclic) bond motifs is 1. The van der Waals surface area contributed by atoms with E-state index in [0.29, 0.717) is 48.1 Å². The first-order chi connectivity index (χ1) is 14.4. The van der Waals surface area contributed by atoms with E-state index in [-0.39, 0.29) is 12.4 Å². The van der Waals surface area contributed by atoms with Crippen molar-refractivity contribution in [3.8, 4) is 5.75 Å². The van der Waals surface area contributed by atoms with Gasteiger partial charge in [0.05, 0.1) is 5.52 Å². The van der Waals surface area contributed by atoms with Crippen molar-refractivity contribution in [1.29, 1.82) is 0 Å². The fourth-order valence-electron chi connectivity index (χ4n) is 2.84. The van der Waals surface area contributed by atoms with Gasteiger partial charge >= 0.3 is 0 Å². The summed E-state index contributed by atoms with van der Waals surface area (Å²) >= 11 is 15.2. The standard InChI is InChI=1S/C21H13BrCl2FN3O2/c22-13-2-1-11(18(25)7-13)10-30-16-3-4-19-17(9-16)20(28-27-19)26-21(29)12-5-14(23)8-15(24)6-12/h1-9H,10H2,(H2,26,27,28,29). The molecule has 0 unspecified atom stereocenters. The highest BCUT2D eigenvalue weighted by molar-refractivity contribution is 9.10. The van der Waals surface area contributed by atoms with Gasteiger partial charge in [0, 0.05) is 31.0 Å². The first-order valence-electron chi connectivity index (χ1n) is 8.71. The van der Waals surface area contributed by atoms with Crippen LogP contribution in [0.1, 0.15) is 15.9 Å². The van der Waals surface area contributed by atoms with Gasteiger partial charge in [-0.3, -0.25) is 9.89 Å². The van der Waals surface area contributed by atoms with Gasteiger partial charge in [-0.25, -0.2) is 4.39 Å². The summed E-state index contributed by atoms with van der Waals surface area (Å²) in [4.78, 5) is 12.6. The van der Waals surface area contributed by atoms with Crippen molar-refractivity contribution in [3.05, 3.63) is 86.1 Å². The molecule has 1 aromatic heterocycles. The Morgan fingerprint density at radius 2 is 1.87 bits per heavy atom. The van der Waals surface area contributed by atoms with E-state index in [1.807, 2.05) is 0 Å². The molecule has 0 fully saturated rings. The van der Waals surface area contributed by atoms with Crippen LogP contribution in [-0.2, 0) is 6.61 Å². The van der Waals surface area contributed by atoms with E-state index in [1.54, 1.807) is 36.4 Å². The zero-order valence-electron chi connectivity index (χ0n) is 15.2. The van der Waals surface area contributed by atoms with Gasteiger partial charge in [0.2, 0.25) is 0 Å². The van der Waals surface area contributed by atoms with Crippen LogP contribution in [0.2, 0.25) is 10.0 Å². The highest BCUT2D eigenvalue weighted by atomic mass is 79.9. The number of hydrogen-bond acceptors (Lipinski definition) is 3. The largest absolute Gasteiger partial charge is 0.489 e. The minimum Gasteiger partial charge on any atom is -0.489 e. The maximum atomic E-state index is 14.0. The van der Waals surface area contributed by atoms with E-state index in [0.717, 1.165) is 0 Å². The quantitative estimate of drug-likeness (QED) is 0.319. The summed E-state index contributed by atoms with van der Waals surface area (Å²) in [5.41, 5.74) is 1.44. The molecule has 2 N–H and O–H groups in total. The van der Waals surface area contributed by atoms with Gasteiger partial charge in [0.15, 0.2) is 5.82 Å². The molecule has 4 rings (SSSR count). The highest BCUT2D eigenvalue weighted by Crippen LogP contribution is 2.27. The Morgan fingerprint density at radius 1 is 1.10 bits per heavy atom. The summed E-state index contributed by atoms with van der Waals surface area (Å²) in [5, 5.41) is 11.1. The zero-order chi connectivity index (χ0) is 21.3. The maximum absolute atomic E-state index is 14.0. The number of anilines is 1. The van der Waals surface area contributed by atoms with Crippen LogP contribution in [0.3, 0.4) is 0 Å². The van der Waals surface area contributed by atoms with Gasteiger partial charge in [-0.2, -0.15) is 5.10 Å². The van der Waals surface area contributed by atoms with E-state index < -0.39 is 5.91 Å². The molecule has 4 aromatic rings. The minimum atomic E-state index is -0.406. The highest BCUT2D eigenvalue weighted by Gasteiger charge is 2.14. The number of benzene rings is 3. The van der Waals surface area contributed by atoms with Crippen LogP contribution >= 0.6 is 39.1 Å². The van der Waals surface area contributed by atoms with Gasteiger partial charge in [-0.05, 0) is 48.5 Å². The van der Waals surface area contributed by atoms with Crippen LogP contribution in [0.5, 0.6) is 5.75 Å². The molecule has 3 aromatic carbocycles. The zero-order valence-corrected chi connectivity index (χ0v) is 18.3. The number of nitrogens with zero attached hydrogens (tertiary/aromatic N) is 1. The Morgan fingerprint density at radius 3 is 2.60 bits per heavy atom. The molecule has 0 bridgehead atoms. The first-order valence-corrected chi connectivity index (χ1v) is 10.3. The predicted octanol–water partition coefficient (Wildman–Crippen LogP) is 6.60. The molecule has 1 amide bonds. The molecular weight excluding hydrogens is 496 g/mol. The number of carbonyl (C=O) groups is 1. The lowest BCUT2D eigenvalue weighted by Crippen LogP contribution is -2.12. The predicted molar refractivity (Wildman–Crippen MR) is 119 cm³/mol. The van der Waals surface area contributed by atoms with Crippen LogP contribution in [0.25, 0.3) is 10.9 Å². The summed E-state index contributed by atoms with van der Waals surface area (Å²) in [5.74, 6) is 0.0665. The molecule has 30 heavy (non-hydrogen) atoms. The average Bonchev–Trinajstić information content (AvgIpc) is 3.08. The number of H-pyrrole nitrogens is 1. The molecular formula is C21H13BrCl2FN3O2. The van der Waals surface area contributed by atoms with Crippen LogP contribution in [0.4, 0.5) is 10.2 Å². The normalized spacial score (nSPS) is 10.9. The molecule has 0 atom stereocenters. The number of halogens is 4. The smallest absolute Gasteiger partial charge is 0.256 e. The summed E-state index contributed by atoms with van der Waals surface area (Å²) in [6.07, 6.45) is 0. The molecule has 0 aliphatic carbocycles. The second-order valence-electron chi connectivity index (χ2n) is 6.42. The minimum absolute atomic E-state index is 0.0607. The number of rotatable bonds is 5. The van der Waals surface area contributed by atoms with Crippen molar-refractivity contribution in [2.45, 2.75) is 6.61 Å². The molecule has 0 aliphatic heterocycles. The molecule has 9 heteroatoms. The number of aromatic amines is 1. The van der Waals surface area contributed by atoms with Gasteiger partial charge in [0.1, 0.15) is 18.2 Å². The van der Waals surface area contributed by atoms with E-state index in [4.69, 9.17) is 27.9 Å². The van der Waals surface area contributed by atoms with Crippen LogP contribution < -0.4 is 10.1 Å². The molecule has 152 valence electrons. The monoisotopic (exact) mass is 507 g/mol. The van der Waals surface area contributed by atoms with Crippen molar-refractivity contribution >= 4 is 61.8 Å². The lowest BCUT2D eigenvalue weighted by molar-refractivity contribution is 0.102. The van der Waals surface area contributed by atoms with Crippen LogP contribution in [0.15, 0.2) is 59.1 Å². The molecule has 1 heterocycles. The third kappa shape index (κ3) is 4.59. The van der Waals surface area contributed by atoms with Crippen LogP contribution in [-0.4, -0.2) is 16.1 Å². The molecule has 0 saturated carbocycles. The summed E-state index contributed by atoms with van der Waals surface area (Å²) in [6.45, 7) is 0.0607. The van der Waals surface area contributed by atoms with Gasteiger partial charge in [-0.15, -0.1) is 0 Å². The Labute approximate surface area is 189 Å². The molecule has 0 aliphatic rings. The summed E-state index contributed by atoms with van der Waals surface area (Å²) in [6, 6.07) is 14.6. The fraction of sp³-hybridized carbons (Fsp3) is 0.0476. The third-order valence-electron chi connectivity index (χ3n) is 4.30. The Hall–Kier alpha value is -2.61. The van der Waals surface area contributed by atoms with E-state index in [9.17, 15) is 9.18 Å². The van der Waals surface area contributed by atoms with Crippen molar-refractivity contribution in [3.63, 3.8) is 0 Å². The van der Waals surface area contributed by atoms with Crippen LogP contribution in [0, 0.1) is 5.82 Å². The summed E-state index contributed by atoms with van der Waals surface area (Å²) in [7, 11) is 0. The summed E-state index contributed by atoms with van der Waals surface area (Å²) < 4.78 is 20.4. The topological polar surface area (TPSA) is 67.0 Å². The second kappa shape index (κ2) is 8.63. The number of carbonyl (C=O) groups excluding carboxylic acids is 1. The van der Waals surface area contributed by atoms with Crippen molar-refractivity contribution in [2.24, 2.45) is 0 Å². The fourth-order valence-corrected chi connectivity index (χ4v) is 3.70. The second-order valence-corrected chi connectivity index (χ2v) is 8.20. The molecule has 0 spiro atoms. The van der Waals surface area contributed by atoms with Gasteiger partial charge in [-0.1, -0.05) is 45.2 Å². The SMILES string of the molecule is O=C(Nc1n[nH]c2ccc(OCc3ccc(Br)cc3F)cc12)c1cc(Cl)cc(Cl)c1. The first kappa shape index (κ1) is 20.7. The Bertz CT molecular complexity index is 1240. The number of aromatic nitrogens is 2. The Kier molecular flexibility index (Phi) is 5.94. The number of hydrogen-bond donors (Lipinski definition) is 2. The Balaban J connectivity index is 1.54. The number of amides is 1. The van der Waals surface area contributed by atoms with E-state index in [2.05, 4.69) is 31.4 Å². The van der Waals surface area contributed by atoms with Crippen molar-refractivity contribution < 1.29 is 13.9 Å². The van der Waals surface area contributed by atoms with Gasteiger partial charge < -0.3 is 10.1 Å². The van der Waals surface area contributed by atoms with Crippen molar-refractivity contribution in [2.75, 3.05) is 5.32 Å². The van der Waals surface area contributed by atoms with E-state index >= 15 is 0 Å². The number of nitrogens with one attached hydrogen (secondary N) is 2.